The summed E-state index contributed by atoms with van der Waals surface area (Å²) in [5.41, 5.74) is 7.01. The molecule has 2 atom stereocenters. The van der Waals surface area contributed by atoms with Crippen molar-refractivity contribution in [2.75, 3.05) is 13.9 Å². The van der Waals surface area contributed by atoms with E-state index in [4.69, 9.17) is 19.9 Å². The minimum Gasteiger partial charge on any atom is -0.493 e. The van der Waals surface area contributed by atoms with Gasteiger partial charge in [0.05, 0.1) is 7.11 Å². The molecule has 1 aliphatic heterocycles. The average molecular weight is 207 g/mol. The summed E-state index contributed by atoms with van der Waals surface area (Å²) in [6.07, 6.45) is 1.04. The summed E-state index contributed by atoms with van der Waals surface area (Å²) >= 11 is 0. The van der Waals surface area contributed by atoms with E-state index in [-0.39, 0.29) is 12.8 Å². The van der Waals surface area contributed by atoms with Gasteiger partial charge in [0.1, 0.15) is 0 Å². The highest BCUT2D eigenvalue weighted by atomic mass is 16.7. The predicted molar refractivity (Wildman–Crippen MR) is 54.5 cm³/mol. The molecule has 1 aromatic carbocycles. The van der Waals surface area contributed by atoms with Crippen LogP contribution in [0.1, 0.15) is 17.9 Å². The van der Waals surface area contributed by atoms with Crippen molar-refractivity contribution >= 4 is 0 Å². The molecule has 15 heavy (non-hydrogen) atoms. The molecule has 0 aromatic heterocycles. The lowest BCUT2D eigenvalue weighted by Crippen LogP contribution is -2.01. The van der Waals surface area contributed by atoms with Gasteiger partial charge in [-0.2, -0.15) is 0 Å². The molecule has 0 radical (unpaired) electrons. The molecule has 4 nitrogen and oxygen atoms in total. The van der Waals surface area contributed by atoms with Crippen LogP contribution in [0.5, 0.6) is 17.2 Å². The molecule has 1 fully saturated rings. The highest BCUT2D eigenvalue weighted by Crippen LogP contribution is 2.47. The van der Waals surface area contributed by atoms with Gasteiger partial charge >= 0.3 is 0 Å². The number of methoxy groups -OCH3 is 1. The number of benzene rings is 1. The molecule has 0 spiro atoms. The van der Waals surface area contributed by atoms with E-state index >= 15 is 0 Å². The first-order chi connectivity index (χ1) is 7.29. The van der Waals surface area contributed by atoms with E-state index in [1.165, 1.54) is 5.56 Å². The lowest BCUT2D eigenvalue weighted by Gasteiger charge is -2.07. The summed E-state index contributed by atoms with van der Waals surface area (Å²) in [5.74, 6) is 2.66. The van der Waals surface area contributed by atoms with Crippen LogP contribution in [0.25, 0.3) is 0 Å². The maximum atomic E-state index is 5.82. The molecule has 1 heterocycles. The normalized spacial score (nSPS) is 26.5. The summed E-state index contributed by atoms with van der Waals surface area (Å²) in [6.45, 7) is 0.270. The van der Waals surface area contributed by atoms with Crippen LogP contribution < -0.4 is 19.9 Å². The zero-order valence-corrected chi connectivity index (χ0v) is 8.53. The fourth-order valence-electron chi connectivity index (χ4n) is 1.96. The van der Waals surface area contributed by atoms with Crippen LogP contribution in [-0.4, -0.2) is 19.9 Å². The molecule has 1 aliphatic carbocycles. The third-order valence-corrected chi connectivity index (χ3v) is 2.95. The van der Waals surface area contributed by atoms with Gasteiger partial charge < -0.3 is 19.9 Å². The first-order valence-corrected chi connectivity index (χ1v) is 5.02. The van der Waals surface area contributed by atoms with Gasteiger partial charge in [-0.3, -0.25) is 0 Å². The Morgan fingerprint density at radius 3 is 2.87 bits per heavy atom. The largest absolute Gasteiger partial charge is 0.493 e. The third-order valence-electron chi connectivity index (χ3n) is 2.95. The van der Waals surface area contributed by atoms with E-state index in [0.29, 0.717) is 11.7 Å². The Kier molecular flexibility index (Phi) is 1.79. The Morgan fingerprint density at radius 1 is 1.40 bits per heavy atom. The maximum Gasteiger partial charge on any atom is 0.231 e. The molecule has 0 bridgehead atoms. The lowest BCUT2D eigenvalue weighted by atomic mass is 10.1. The second-order valence-corrected chi connectivity index (χ2v) is 3.96. The quantitative estimate of drug-likeness (QED) is 0.792. The predicted octanol–water partition coefficient (Wildman–Crippen LogP) is 1.24. The topological polar surface area (TPSA) is 53.7 Å². The third kappa shape index (κ3) is 1.33. The molecule has 2 N–H and O–H groups in total. The summed E-state index contributed by atoms with van der Waals surface area (Å²) < 4.78 is 15.9. The van der Waals surface area contributed by atoms with Gasteiger partial charge in [-0.05, 0) is 24.1 Å². The maximum absolute atomic E-state index is 5.82. The molecule has 3 rings (SSSR count). The van der Waals surface area contributed by atoms with E-state index < -0.39 is 0 Å². The molecule has 2 aliphatic rings. The van der Waals surface area contributed by atoms with Crippen molar-refractivity contribution in [3.05, 3.63) is 17.7 Å². The van der Waals surface area contributed by atoms with Crippen LogP contribution >= 0.6 is 0 Å². The summed E-state index contributed by atoms with van der Waals surface area (Å²) in [5, 5.41) is 0. The minimum atomic E-state index is 0.270. The van der Waals surface area contributed by atoms with Gasteiger partial charge in [-0.1, -0.05) is 0 Å². The number of hydrogen-bond donors (Lipinski definition) is 1. The van der Waals surface area contributed by atoms with Crippen molar-refractivity contribution in [2.45, 2.75) is 18.4 Å². The van der Waals surface area contributed by atoms with Crippen molar-refractivity contribution in [2.24, 2.45) is 5.73 Å². The highest BCUT2D eigenvalue weighted by molar-refractivity contribution is 5.56. The zero-order chi connectivity index (χ0) is 10.4. The summed E-state index contributed by atoms with van der Waals surface area (Å²) in [4.78, 5) is 0. The van der Waals surface area contributed by atoms with E-state index in [1.54, 1.807) is 7.11 Å². The Morgan fingerprint density at radius 2 is 2.20 bits per heavy atom. The Bertz CT molecular complexity index is 405. The van der Waals surface area contributed by atoms with Gasteiger partial charge in [0, 0.05) is 12.0 Å². The molecular formula is C11H13NO3. The van der Waals surface area contributed by atoms with Crippen molar-refractivity contribution in [3.8, 4) is 17.2 Å². The van der Waals surface area contributed by atoms with E-state index in [0.717, 1.165) is 17.9 Å². The number of fused-ring (bicyclic) bond motifs is 1. The smallest absolute Gasteiger partial charge is 0.231 e. The number of nitrogens with two attached hydrogens (primary N) is 1. The van der Waals surface area contributed by atoms with Gasteiger partial charge in [0.2, 0.25) is 12.5 Å². The SMILES string of the molecule is COc1cc(C2CC2N)cc2c1OCO2. The van der Waals surface area contributed by atoms with Crippen LogP contribution in [-0.2, 0) is 0 Å². The van der Waals surface area contributed by atoms with Gasteiger partial charge in [-0.15, -0.1) is 0 Å². The molecule has 1 saturated carbocycles. The van der Waals surface area contributed by atoms with Gasteiger partial charge in [-0.25, -0.2) is 0 Å². The van der Waals surface area contributed by atoms with Crippen LogP contribution in [0.3, 0.4) is 0 Å². The van der Waals surface area contributed by atoms with E-state index in [2.05, 4.69) is 0 Å². The van der Waals surface area contributed by atoms with Crippen LogP contribution in [0.2, 0.25) is 0 Å². The van der Waals surface area contributed by atoms with E-state index in [1.807, 2.05) is 12.1 Å². The molecule has 0 amide bonds. The number of ether oxygens (including phenoxy) is 3. The van der Waals surface area contributed by atoms with Crippen molar-refractivity contribution < 1.29 is 14.2 Å². The molecule has 4 heteroatoms. The van der Waals surface area contributed by atoms with Crippen molar-refractivity contribution in [1.29, 1.82) is 0 Å². The highest BCUT2D eigenvalue weighted by Gasteiger charge is 2.36. The monoisotopic (exact) mass is 207 g/mol. The second-order valence-electron chi connectivity index (χ2n) is 3.96. The molecule has 0 saturated heterocycles. The summed E-state index contributed by atoms with van der Waals surface area (Å²) in [7, 11) is 1.63. The fraction of sp³-hybridized carbons (Fsp3) is 0.455. The minimum absolute atomic E-state index is 0.270. The summed E-state index contributed by atoms with van der Waals surface area (Å²) in [6, 6.07) is 4.28. The van der Waals surface area contributed by atoms with E-state index in [9.17, 15) is 0 Å². The Balaban J connectivity index is 2.03. The number of hydrogen-bond acceptors (Lipinski definition) is 4. The van der Waals surface area contributed by atoms with Crippen LogP contribution in [0, 0.1) is 0 Å². The fourth-order valence-corrected chi connectivity index (χ4v) is 1.96. The molecule has 2 unspecified atom stereocenters. The standard InChI is InChI=1S/C11H13NO3/c1-13-9-2-6(7-4-8(7)12)3-10-11(9)15-5-14-10/h2-3,7-8H,4-5,12H2,1H3. The first kappa shape index (κ1) is 8.85. The van der Waals surface area contributed by atoms with Gasteiger partial charge in [0.15, 0.2) is 11.5 Å². The zero-order valence-electron chi connectivity index (χ0n) is 8.53. The average Bonchev–Trinajstić information content (AvgIpc) is 2.79. The number of rotatable bonds is 2. The lowest BCUT2D eigenvalue weighted by molar-refractivity contribution is 0.171. The van der Waals surface area contributed by atoms with Crippen LogP contribution in [0.15, 0.2) is 12.1 Å². The molecular weight excluding hydrogens is 194 g/mol. The van der Waals surface area contributed by atoms with Crippen molar-refractivity contribution in [1.82, 2.24) is 0 Å². The Hall–Kier alpha value is -1.42. The van der Waals surface area contributed by atoms with Gasteiger partial charge in [0.25, 0.3) is 0 Å². The van der Waals surface area contributed by atoms with Crippen LogP contribution in [0.4, 0.5) is 0 Å². The van der Waals surface area contributed by atoms with Crippen molar-refractivity contribution in [3.63, 3.8) is 0 Å². The Labute approximate surface area is 87.9 Å². The first-order valence-electron chi connectivity index (χ1n) is 5.02. The molecule has 80 valence electrons. The molecule has 1 aromatic rings. The second kappa shape index (κ2) is 3.03.